The number of anilines is 1. The second kappa shape index (κ2) is 6.94. The second-order valence-electron chi connectivity index (χ2n) is 5.51. The first-order valence-corrected chi connectivity index (χ1v) is 7.58. The summed E-state index contributed by atoms with van der Waals surface area (Å²) >= 11 is 0. The Balaban J connectivity index is 1.73. The van der Waals surface area contributed by atoms with Crippen molar-refractivity contribution in [3.63, 3.8) is 0 Å². The van der Waals surface area contributed by atoms with Crippen molar-refractivity contribution in [2.75, 3.05) is 5.32 Å². The summed E-state index contributed by atoms with van der Waals surface area (Å²) in [7, 11) is 0. The average Bonchev–Trinajstić information content (AvgIpc) is 3.12. The van der Waals surface area contributed by atoms with Gasteiger partial charge in [-0.2, -0.15) is 13.2 Å². The third-order valence-electron chi connectivity index (χ3n) is 3.62. The fraction of sp³-hybridized carbons (Fsp3) is 0.0556. The van der Waals surface area contributed by atoms with E-state index in [-0.39, 0.29) is 11.6 Å². The first-order chi connectivity index (χ1) is 12.7. The number of oxazole rings is 1. The van der Waals surface area contributed by atoms with E-state index in [0.29, 0.717) is 16.8 Å². The lowest BCUT2D eigenvalue weighted by Gasteiger charge is -2.06. The molecule has 1 heterocycles. The van der Waals surface area contributed by atoms with Crippen LogP contribution in [0.15, 0.2) is 59.2 Å². The molecule has 0 atom stereocenters. The lowest BCUT2D eigenvalue weighted by Crippen LogP contribution is -2.13. The molecule has 0 fully saturated rings. The van der Waals surface area contributed by atoms with Gasteiger partial charge in [-0.25, -0.2) is 4.98 Å². The molecule has 2 amide bonds. The van der Waals surface area contributed by atoms with Crippen LogP contribution in [-0.4, -0.2) is 16.8 Å². The predicted molar refractivity (Wildman–Crippen MR) is 89.9 cm³/mol. The van der Waals surface area contributed by atoms with E-state index in [2.05, 4.69) is 10.3 Å². The maximum atomic E-state index is 12.6. The number of rotatable bonds is 4. The zero-order valence-electron chi connectivity index (χ0n) is 13.6. The Morgan fingerprint density at radius 3 is 2.19 bits per heavy atom. The minimum atomic E-state index is -4.44. The number of carbonyl (C=O) groups excluding carboxylic acids is 2. The largest absolute Gasteiger partial charge is 0.444 e. The second-order valence-corrected chi connectivity index (χ2v) is 5.51. The Morgan fingerprint density at radius 2 is 1.63 bits per heavy atom. The van der Waals surface area contributed by atoms with Gasteiger partial charge in [-0.3, -0.25) is 9.59 Å². The normalized spacial score (nSPS) is 11.2. The molecule has 0 spiro atoms. The molecule has 0 aliphatic heterocycles. The molecule has 0 bridgehead atoms. The third-order valence-corrected chi connectivity index (χ3v) is 3.62. The molecular weight excluding hydrogens is 363 g/mol. The molecule has 6 nitrogen and oxygen atoms in total. The highest BCUT2D eigenvalue weighted by Gasteiger charge is 2.30. The number of hydrogen-bond acceptors (Lipinski definition) is 4. The number of aromatic nitrogens is 1. The Kier molecular flexibility index (Phi) is 4.68. The number of halogens is 3. The van der Waals surface area contributed by atoms with E-state index in [9.17, 15) is 22.8 Å². The van der Waals surface area contributed by atoms with Crippen LogP contribution in [-0.2, 0) is 6.18 Å². The van der Waals surface area contributed by atoms with Crippen molar-refractivity contribution >= 4 is 17.5 Å². The van der Waals surface area contributed by atoms with Gasteiger partial charge in [0.25, 0.3) is 5.91 Å². The average molecular weight is 375 g/mol. The van der Waals surface area contributed by atoms with Gasteiger partial charge in [0.05, 0.1) is 5.56 Å². The summed E-state index contributed by atoms with van der Waals surface area (Å²) in [5.41, 5.74) is 5.28. The van der Waals surface area contributed by atoms with E-state index in [4.69, 9.17) is 10.2 Å². The van der Waals surface area contributed by atoms with E-state index in [1.165, 1.54) is 36.4 Å². The smallest absolute Gasteiger partial charge is 0.416 e. The Hall–Kier alpha value is -3.62. The lowest BCUT2D eigenvalue weighted by atomic mass is 10.1. The maximum absolute atomic E-state index is 12.6. The SMILES string of the molecule is NC(=O)c1ccc(NC(=O)c2coc(-c3ccc(C(F)(F)F)cc3)n2)cc1. The number of alkyl halides is 3. The molecule has 27 heavy (non-hydrogen) atoms. The van der Waals surface area contributed by atoms with E-state index in [1.54, 1.807) is 0 Å². The summed E-state index contributed by atoms with van der Waals surface area (Å²) in [6, 6.07) is 10.1. The van der Waals surface area contributed by atoms with Crippen LogP contribution in [0.1, 0.15) is 26.4 Å². The lowest BCUT2D eigenvalue weighted by molar-refractivity contribution is -0.137. The van der Waals surface area contributed by atoms with Crippen molar-refractivity contribution in [2.45, 2.75) is 6.18 Å². The number of nitrogens with two attached hydrogens (primary N) is 1. The molecule has 138 valence electrons. The topological polar surface area (TPSA) is 98.2 Å². The van der Waals surface area contributed by atoms with Crippen molar-refractivity contribution in [1.82, 2.24) is 4.98 Å². The standard InChI is InChI=1S/C18H12F3N3O3/c19-18(20,21)12-5-1-11(2-6-12)17-24-14(9-27-17)16(26)23-13-7-3-10(4-8-13)15(22)25/h1-9H,(H2,22,25)(H,23,26). The molecular formula is C18H12F3N3O3. The molecule has 3 aromatic rings. The molecule has 3 rings (SSSR count). The van der Waals surface area contributed by atoms with Gasteiger partial charge in [0.15, 0.2) is 5.69 Å². The molecule has 0 unspecified atom stereocenters. The highest BCUT2D eigenvalue weighted by atomic mass is 19.4. The Morgan fingerprint density at radius 1 is 1.00 bits per heavy atom. The van der Waals surface area contributed by atoms with Crippen molar-refractivity contribution in [3.05, 3.63) is 71.6 Å². The summed E-state index contributed by atoms with van der Waals surface area (Å²) in [4.78, 5) is 27.2. The summed E-state index contributed by atoms with van der Waals surface area (Å²) in [6.07, 6.45) is -3.34. The molecule has 2 aromatic carbocycles. The van der Waals surface area contributed by atoms with E-state index in [0.717, 1.165) is 18.4 Å². The Bertz CT molecular complexity index is 978. The number of nitrogens with one attached hydrogen (secondary N) is 1. The molecule has 9 heteroatoms. The number of amides is 2. The van der Waals surface area contributed by atoms with Gasteiger partial charge in [-0.1, -0.05) is 0 Å². The monoisotopic (exact) mass is 375 g/mol. The van der Waals surface area contributed by atoms with Crippen molar-refractivity contribution in [2.24, 2.45) is 5.73 Å². The van der Waals surface area contributed by atoms with Crippen LogP contribution in [0.4, 0.5) is 18.9 Å². The maximum Gasteiger partial charge on any atom is 0.416 e. The van der Waals surface area contributed by atoms with Crippen LogP contribution in [0.5, 0.6) is 0 Å². The van der Waals surface area contributed by atoms with E-state index < -0.39 is 23.6 Å². The first-order valence-electron chi connectivity index (χ1n) is 7.58. The van der Waals surface area contributed by atoms with E-state index >= 15 is 0 Å². The molecule has 1 aromatic heterocycles. The molecule has 0 aliphatic carbocycles. The van der Waals surface area contributed by atoms with Crippen LogP contribution < -0.4 is 11.1 Å². The Labute approximate surface area is 150 Å². The van der Waals surface area contributed by atoms with Crippen LogP contribution in [0, 0.1) is 0 Å². The van der Waals surface area contributed by atoms with Gasteiger partial charge in [0.1, 0.15) is 6.26 Å². The highest BCUT2D eigenvalue weighted by Crippen LogP contribution is 2.30. The zero-order chi connectivity index (χ0) is 19.6. The summed E-state index contributed by atoms with van der Waals surface area (Å²) in [5.74, 6) is -1.16. The summed E-state index contributed by atoms with van der Waals surface area (Å²) in [6.45, 7) is 0. The molecule has 0 aliphatic rings. The van der Waals surface area contributed by atoms with Crippen molar-refractivity contribution in [3.8, 4) is 11.5 Å². The minimum absolute atomic E-state index is 0.0120. The van der Waals surface area contributed by atoms with Gasteiger partial charge in [-0.15, -0.1) is 0 Å². The predicted octanol–water partition coefficient (Wildman–Crippen LogP) is 3.71. The number of primary amides is 1. The van der Waals surface area contributed by atoms with Crippen LogP contribution >= 0.6 is 0 Å². The van der Waals surface area contributed by atoms with Gasteiger partial charge in [0, 0.05) is 16.8 Å². The highest BCUT2D eigenvalue weighted by molar-refractivity contribution is 6.03. The van der Waals surface area contributed by atoms with Crippen LogP contribution in [0.3, 0.4) is 0 Å². The third kappa shape index (κ3) is 4.14. The number of hydrogen-bond donors (Lipinski definition) is 2. The van der Waals surface area contributed by atoms with Crippen LogP contribution in [0.2, 0.25) is 0 Å². The van der Waals surface area contributed by atoms with Gasteiger partial charge in [-0.05, 0) is 48.5 Å². The van der Waals surface area contributed by atoms with Crippen molar-refractivity contribution < 1.29 is 27.2 Å². The minimum Gasteiger partial charge on any atom is -0.444 e. The van der Waals surface area contributed by atoms with Gasteiger partial charge < -0.3 is 15.5 Å². The molecule has 0 radical (unpaired) electrons. The molecule has 0 saturated heterocycles. The van der Waals surface area contributed by atoms with E-state index in [1.807, 2.05) is 0 Å². The van der Waals surface area contributed by atoms with Gasteiger partial charge in [0.2, 0.25) is 11.8 Å². The number of nitrogens with zero attached hydrogens (tertiary/aromatic N) is 1. The van der Waals surface area contributed by atoms with Gasteiger partial charge >= 0.3 is 6.18 Å². The number of carbonyl (C=O) groups is 2. The van der Waals surface area contributed by atoms with Crippen molar-refractivity contribution in [1.29, 1.82) is 0 Å². The summed E-state index contributed by atoms with van der Waals surface area (Å²) in [5, 5.41) is 2.56. The fourth-order valence-corrected chi connectivity index (χ4v) is 2.23. The molecule has 0 saturated carbocycles. The first kappa shape index (κ1) is 18.2. The summed E-state index contributed by atoms with van der Waals surface area (Å²) < 4.78 is 42.9. The quantitative estimate of drug-likeness (QED) is 0.726. The number of benzene rings is 2. The molecule has 3 N–H and O–H groups in total. The van der Waals surface area contributed by atoms with Crippen LogP contribution in [0.25, 0.3) is 11.5 Å². The zero-order valence-corrected chi connectivity index (χ0v) is 13.6. The fourth-order valence-electron chi connectivity index (χ4n) is 2.23.